The van der Waals surface area contributed by atoms with Gasteiger partial charge in [-0.05, 0) is 81.0 Å². The lowest BCUT2D eigenvalue weighted by atomic mass is 9.84. The van der Waals surface area contributed by atoms with Gasteiger partial charge in [0.1, 0.15) is 5.65 Å². The second-order valence-electron chi connectivity index (χ2n) is 14.6. The van der Waals surface area contributed by atoms with E-state index in [1.54, 1.807) is 0 Å². The first kappa shape index (κ1) is 33.3. The van der Waals surface area contributed by atoms with E-state index in [1.165, 1.54) is 37.7 Å². The zero-order valence-electron chi connectivity index (χ0n) is 29.1. The molecule has 7 rings (SSSR count). The summed E-state index contributed by atoms with van der Waals surface area (Å²) in [6.07, 6.45) is 11.6. The summed E-state index contributed by atoms with van der Waals surface area (Å²) in [4.78, 5) is 41.7. The van der Waals surface area contributed by atoms with Gasteiger partial charge in [-0.25, -0.2) is 9.78 Å². The van der Waals surface area contributed by atoms with Crippen LogP contribution in [0.4, 0.5) is 10.7 Å². The summed E-state index contributed by atoms with van der Waals surface area (Å²) in [7, 11) is 0. The molecular weight excluding hydrogens is 610 g/mol. The molecule has 3 fully saturated rings. The summed E-state index contributed by atoms with van der Waals surface area (Å²) < 4.78 is 1.96. The molecule has 0 radical (unpaired) electrons. The fourth-order valence-electron chi connectivity index (χ4n) is 8.22. The molecule has 49 heavy (non-hydrogen) atoms. The van der Waals surface area contributed by atoms with Crippen LogP contribution in [0.25, 0.3) is 22.2 Å². The number of carbonyl (C=O) groups is 1. The standard InChI is InChI=1S/C40H51N7O2/c1-28-11-9-10-16-35(28)36-25-32-26-41-39(43-33-17-23-46(24-18-33)40(49)42-29(2)31-14-7-4-8-15-31)44-37(32)47(38(36)48)34-19-21-45(22-20-34)27-30-12-5-3-6-13-30/h3,5-6,9-13,16,25-26,29,31,33-34H,4,7-8,14-15,17-24,27H2,1-2H3,(H,42,49)(H,41,43,44)/t29-/m1/s1. The Hall–Kier alpha value is -4.24. The minimum Gasteiger partial charge on any atom is -0.351 e. The largest absolute Gasteiger partial charge is 0.351 e. The molecule has 4 heterocycles. The van der Waals surface area contributed by atoms with Gasteiger partial charge in [-0.1, -0.05) is 73.9 Å². The minimum atomic E-state index is 0.00901. The minimum absolute atomic E-state index is 0.00901. The number of hydrogen-bond donors (Lipinski definition) is 2. The molecule has 0 spiro atoms. The molecule has 258 valence electrons. The summed E-state index contributed by atoms with van der Waals surface area (Å²) in [6, 6.07) is 21.1. The number of piperidine rings is 2. The number of urea groups is 1. The van der Waals surface area contributed by atoms with Crippen LogP contribution >= 0.6 is 0 Å². The molecule has 2 aromatic carbocycles. The molecule has 1 atom stereocenters. The Morgan fingerprint density at radius 1 is 0.878 bits per heavy atom. The highest BCUT2D eigenvalue weighted by atomic mass is 16.2. The van der Waals surface area contributed by atoms with E-state index in [0.717, 1.165) is 61.8 Å². The van der Waals surface area contributed by atoms with Gasteiger partial charge in [-0.2, -0.15) is 4.98 Å². The van der Waals surface area contributed by atoms with Gasteiger partial charge in [-0.3, -0.25) is 14.3 Å². The lowest BCUT2D eigenvalue weighted by Gasteiger charge is -2.35. The molecule has 2 aromatic heterocycles. The summed E-state index contributed by atoms with van der Waals surface area (Å²) in [6.45, 7) is 8.37. The molecule has 4 aromatic rings. The van der Waals surface area contributed by atoms with E-state index in [0.29, 0.717) is 36.2 Å². The number of benzene rings is 2. The smallest absolute Gasteiger partial charge is 0.317 e. The van der Waals surface area contributed by atoms with Crippen molar-refractivity contribution in [2.24, 2.45) is 5.92 Å². The Morgan fingerprint density at radius 2 is 1.59 bits per heavy atom. The van der Waals surface area contributed by atoms with Crippen molar-refractivity contribution in [1.29, 1.82) is 0 Å². The molecule has 2 saturated heterocycles. The Bertz CT molecular complexity index is 1790. The van der Waals surface area contributed by atoms with Gasteiger partial charge in [0, 0.05) is 68.0 Å². The van der Waals surface area contributed by atoms with Crippen molar-refractivity contribution in [1.82, 2.24) is 29.7 Å². The van der Waals surface area contributed by atoms with Crippen molar-refractivity contribution in [3.8, 4) is 11.1 Å². The number of aromatic nitrogens is 3. The first-order valence-corrected chi connectivity index (χ1v) is 18.5. The molecule has 2 amide bonds. The molecule has 1 aliphatic carbocycles. The number of rotatable bonds is 8. The summed E-state index contributed by atoms with van der Waals surface area (Å²) >= 11 is 0. The maximum absolute atomic E-state index is 14.4. The monoisotopic (exact) mass is 661 g/mol. The molecule has 9 heteroatoms. The van der Waals surface area contributed by atoms with Crippen molar-refractivity contribution >= 4 is 23.0 Å². The summed E-state index contributed by atoms with van der Waals surface area (Å²) in [5, 5.41) is 7.72. The molecule has 0 bridgehead atoms. The third-order valence-corrected chi connectivity index (χ3v) is 11.2. The predicted octanol–water partition coefficient (Wildman–Crippen LogP) is 7.16. The van der Waals surface area contributed by atoms with Gasteiger partial charge in [0.2, 0.25) is 5.95 Å². The highest BCUT2D eigenvalue weighted by Gasteiger charge is 2.28. The Morgan fingerprint density at radius 3 is 2.33 bits per heavy atom. The molecule has 2 aliphatic heterocycles. The van der Waals surface area contributed by atoms with E-state index >= 15 is 0 Å². The van der Waals surface area contributed by atoms with Crippen molar-refractivity contribution in [2.45, 2.75) is 96.3 Å². The number of hydrogen-bond acceptors (Lipinski definition) is 6. The SMILES string of the molecule is Cc1ccccc1-c1cc2cnc(NC3CCN(C(=O)N[C@H](C)C4CCCCC4)CC3)nc2n(C2CCN(Cc3ccccc3)CC2)c1=O. The number of nitrogens with one attached hydrogen (secondary N) is 2. The van der Waals surface area contributed by atoms with Crippen LogP contribution in [-0.2, 0) is 6.54 Å². The van der Waals surface area contributed by atoms with Gasteiger partial charge >= 0.3 is 6.03 Å². The zero-order chi connectivity index (χ0) is 33.7. The summed E-state index contributed by atoms with van der Waals surface area (Å²) in [5.41, 5.74) is 4.74. The van der Waals surface area contributed by atoms with Crippen molar-refractivity contribution in [3.05, 3.63) is 88.3 Å². The van der Waals surface area contributed by atoms with E-state index in [-0.39, 0.29) is 29.7 Å². The van der Waals surface area contributed by atoms with Gasteiger partial charge in [0.25, 0.3) is 5.56 Å². The number of likely N-dealkylation sites (tertiary alicyclic amines) is 2. The average molecular weight is 662 g/mol. The third kappa shape index (κ3) is 7.67. The van der Waals surface area contributed by atoms with Crippen molar-refractivity contribution in [3.63, 3.8) is 0 Å². The van der Waals surface area contributed by atoms with Crippen molar-refractivity contribution in [2.75, 3.05) is 31.5 Å². The van der Waals surface area contributed by atoms with E-state index in [4.69, 9.17) is 9.97 Å². The van der Waals surface area contributed by atoms with E-state index in [9.17, 15) is 9.59 Å². The third-order valence-electron chi connectivity index (χ3n) is 11.2. The van der Waals surface area contributed by atoms with Crippen molar-refractivity contribution < 1.29 is 4.79 Å². The fourth-order valence-corrected chi connectivity index (χ4v) is 8.22. The molecular formula is C40H51N7O2. The van der Waals surface area contributed by atoms with Crippen LogP contribution in [-0.4, -0.2) is 68.6 Å². The van der Waals surface area contributed by atoms with Gasteiger partial charge in [0.05, 0.1) is 0 Å². The molecule has 2 N–H and O–H groups in total. The van der Waals surface area contributed by atoms with Crippen LogP contribution in [0.5, 0.6) is 0 Å². The number of carbonyl (C=O) groups excluding carboxylic acids is 1. The van der Waals surface area contributed by atoms with Crippen LogP contribution in [0, 0.1) is 12.8 Å². The Labute approximate surface area is 290 Å². The normalized spacial score (nSPS) is 19.2. The molecule has 3 aliphatic rings. The first-order valence-electron chi connectivity index (χ1n) is 18.5. The number of anilines is 1. The van der Waals surface area contributed by atoms with Gasteiger partial charge in [-0.15, -0.1) is 0 Å². The Balaban J connectivity index is 1.07. The van der Waals surface area contributed by atoms with Gasteiger partial charge < -0.3 is 15.5 Å². The van der Waals surface area contributed by atoms with Crippen LogP contribution in [0.1, 0.15) is 81.9 Å². The van der Waals surface area contributed by atoms with E-state index in [1.807, 2.05) is 39.9 Å². The maximum Gasteiger partial charge on any atom is 0.317 e. The van der Waals surface area contributed by atoms with Crippen LogP contribution < -0.4 is 16.2 Å². The zero-order valence-corrected chi connectivity index (χ0v) is 29.1. The number of fused-ring (bicyclic) bond motifs is 1. The molecule has 9 nitrogen and oxygen atoms in total. The highest BCUT2D eigenvalue weighted by Crippen LogP contribution is 2.30. The molecule has 1 saturated carbocycles. The van der Waals surface area contributed by atoms with E-state index < -0.39 is 0 Å². The van der Waals surface area contributed by atoms with Crippen LogP contribution in [0.15, 0.2) is 71.7 Å². The number of aryl methyl sites for hydroxylation is 1. The first-order chi connectivity index (χ1) is 23.9. The number of pyridine rings is 1. The second-order valence-corrected chi connectivity index (χ2v) is 14.6. The fraction of sp³-hybridized carbons (Fsp3) is 0.500. The maximum atomic E-state index is 14.4. The van der Waals surface area contributed by atoms with Crippen LogP contribution in [0.2, 0.25) is 0 Å². The van der Waals surface area contributed by atoms with Gasteiger partial charge in [0.15, 0.2) is 0 Å². The highest BCUT2D eigenvalue weighted by molar-refractivity contribution is 5.82. The number of amides is 2. The quantitative estimate of drug-likeness (QED) is 0.208. The number of nitrogens with zero attached hydrogens (tertiary/aromatic N) is 5. The predicted molar refractivity (Wildman–Crippen MR) is 197 cm³/mol. The average Bonchev–Trinajstić information content (AvgIpc) is 3.13. The van der Waals surface area contributed by atoms with Crippen LogP contribution in [0.3, 0.4) is 0 Å². The Kier molecular flexibility index (Phi) is 10.3. The lowest BCUT2D eigenvalue weighted by molar-refractivity contribution is 0.172. The second kappa shape index (κ2) is 15.1. The topological polar surface area (TPSA) is 95.4 Å². The van der Waals surface area contributed by atoms with E-state index in [2.05, 4.69) is 65.8 Å². The lowest BCUT2D eigenvalue weighted by Crippen LogP contribution is -2.50. The summed E-state index contributed by atoms with van der Waals surface area (Å²) in [5.74, 6) is 1.13. The molecule has 0 unspecified atom stereocenters.